The number of amides is 1. The van der Waals surface area contributed by atoms with Gasteiger partial charge in [-0.3, -0.25) is 4.79 Å². The maximum absolute atomic E-state index is 12.7. The van der Waals surface area contributed by atoms with Crippen molar-refractivity contribution in [2.45, 2.75) is 37.5 Å². The minimum atomic E-state index is -0.514. The molecule has 4 nitrogen and oxygen atoms in total. The van der Waals surface area contributed by atoms with Crippen molar-refractivity contribution in [3.05, 3.63) is 36.4 Å². The van der Waals surface area contributed by atoms with Crippen molar-refractivity contribution in [1.29, 1.82) is 0 Å². The number of ether oxygens (including phenoxy) is 2. The van der Waals surface area contributed by atoms with Crippen LogP contribution in [0.1, 0.15) is 19.3 Å². The van der Waals surface area contributed by atoms with E-state index in [4.69, 9.17) is 9.47 Å². The number of benzene rings is 1. The van der Waals surface area contributed by atoms with Crippen molar-refractivity contribution in [1.82, 2.24) is 4.90 Å². The summed E-state index contributed by atoms with van der Waals surface area (Å²) in [6, 6.07) is 8.10. The highest BCUT2D eigenvalue weighted by Crippen LogP contribution is 2.35. The molecule has 4 heteroatoms. The summed E-state index contributed by atoms with van der Waals surface area (Å²) in [5, 5.41) is 0. The van der Waals surface area contributed by atoms with E-state index in [2.05, 4.69) is 12.2 Å². The van der Waals surface area contributed by atoms with Gasteiger partial charge in [-0.15, -0.1) is 0 Å². The Kier molecular flexibility index (Phi) is 2.69. The number of carbonyl (C=O) groups excluding carboxylic acids is 1. The van der Waals surface area contributed by atoms with Crippen LogP contribution < -0.4 is 9.47 Å². The van der Waals surface area contributed by atoms with Crippen molar-refractivity contribution in [3.63, 3.8) is 0 Å². The summed E-state index contributed by atoms with van der Waals surface area (Å²) in [5.41, 5.74) is 0. The summed E-state index contributed by atoms with van der Waals surface area (Å²) in [7, 11) is 0. The fraction of sp³-hybridized carbons (Fsp3) is 0.438. The molecule has 0 radical (unpaired) electrons. The molecular weight excluding hydrogens is 254 g/mol. The van der Waals surface area contributed by atoms with Crippen LogP contribution in [0.4, 0.5) is 0 Å². The Hall–Kier alpha value is -1.97. The number of hydrogen-bond acceptors (Lipinski definition) is 3. The normalized spacial score (nSPS) is 30.4. The fourth-order valence-electron chi connectivity index (χ4n) is 3.38. The van der Waals surface area contributed by atoms with Crippen LogP contribution in [0, 0.1) is 0 Å². The lowest BCUT2D eigenvalue weighted by atomic mass is 10.1. The van der Waals surface area contributed by atoms with E-state index in [1.54, 1.807) is 0 Å². The summed E-state index contributed by atoms with van der Waals surface area (Å²) < 4.78 is 11.5. The van der Waals surface area contributed by atoms with Crippen LogP contribution in [0.3, 0.4) is 0 Å². The van der Waals surface area contributed by atoms with Gasteiger partial charge in [-0.2, -0.15) is 0 Å². The van der Waals surface area contributed by atoms with Gasteiger partial charge in [0.2, 0.25) is 6.10 Å². The first-order chi connectivity index (χ1) is 9.83. The minimum absolute atomic E-state index is 0.0661. The largest absolute Gasteiger partial charge is 0.485 e. The minimum Gasteiger partial charge on any atom is -0.485 e. The third kappa shape index (κ3) is 1.79. The van der Waals surface area contributed by atoms with Gasteiger partial charge in [-0.1, -0.05) is 24.3 Å². The highest BCUT2D eigenvalue weighted by molar-refractivity contribution is 5.83. The number of rotatable bonds is 1. The van der Waals surface area contributed by atoms with Crippen molar-refractivity contribution in [2.75, 3.05) is 6.61 Å². The van der Waals surface area contributed by atoms with Gasteiger partial charge in [0.1, 0.15) is 6.61 Å². The maximum atomic E-state index is 12.7. The Labute approximate surface area is 118 Å². The van der Waals surface area contributed by atoms with E-state index < -0.39 is 6.10 Å². The van der Waals surface area contributed by atoms with E-state index in [1.807, 2.05) is 29.2 Å². The van der Waals surface area contributed by atoms with Crippen LogP contribution >= 0.6 is 0 Å². The predicted octanol–water partition coefficient (Wildman–Crippen LogP) is 2.15. The zero-order valence-electron chi connectivity index (χ0n) is 11.2. The predicted molar refractivity (Wildman–Crippen MR) is 73.8 cm³/mol. The molecule has 0 unspecified atom stereocenters. The standard InChI is InChI=1S/C16H17NO3/c18-16(17-11-4-3-5-12(17)9-8-11)15-10-19-13-6-1-2-7-14(13)20-15/h1-4,6-7,11-12,15H,5,8-10H2/t11-,12-,15-/m0/s1. The second-order valence-electron chi connectivity index (χ2n) is 5.57. The Morgan fingerprint density at radius 1 is 1.20 bits per heavy atom. The molecule has 104 valence electrons. The van der Waals surface area contributed by atoms with Crippen LogP contribution in [-0.4, -0.2) is 35.6 Å². The summed E-state index contributed by atoms with van der Waals surface area (Å²) >= 11 is 0. The second-order valence-corrected chi connectivity index (χ2v) is 5.57. The maximum Gasteiger partial charge on any atom is 0.268 e. The third-order valence-electron chi connectivity index (χ3n) is 4.35. The van der Waals surface area contributed by atoms with Crippen molar-refractivity contribution in [2.24, 2.45) is 0 Å². The Morgan fingerprint density at radius 3 is 2.90 bits per heavy atom. The molecule has 1 fully saturated rings. The summed E-state index contributed by atoms with van der Waals surface area (Å²) in [4.78, 5) is 14.7. The SMILES string of the molecule is O=C([C@@H]1COc2ccccc2O1)N1[C@H]2CC=C[C@H]1CC2. The third-order valence-corrected chi connectivity index (χ3v) is 4.35. The van der Waals surface area contributed by atoms with Gasteiger partial charge in [0.25, 0.3) is 5.91 Å². The number of fused-ring (bicyclic) bond motifs is 3. The lowest BCUT2D eigenvalue weighted by Gasteiger charge is -2.35. The summed E-state index contributed by atoms with van der Waals surface area (Å²) in [6.45, 7) is 0.301. The number of nitrogens with zero attached hydrogens (tertiary/aromatic N) is 1. The molecule has 1 amide bonds. The van der Waals surface area contributed by atoms with Gasteiger partial charge in [-0.25, -0.2) is 0 Å². The molecule has 1 saturated heterocycles. The smallest absolute Gasteiger partial charge is 0.268 e. The van der Waals surface area contributed by atoms with Crippen LogP contribution in [0.15, 0.2) is 36.4 Å². The Morgan fingerprint density at radius 2 is 2.05 bits per heavy atom. The van der Waals surface area contributed by atoms with Crippen LogP contribution in [0.25, 0.3) is 0 Å². The lowest BCUT2D eigenvalue weighted by molar-refractivity contribution is -0.143. The topological polar surface area (TPSA) is 38.8 Å². The van der Waals surface area contributed by atoms with Gasteiger partial charge >= 0.3 is 0 Å². The monoisotopic (exact) mass is 271 g/mol. The van der Waals surface area contributed by atoms with E-state index in [9.17, 15) is 4.79 Å². The molecule has 3 heterocycles. The molecule has 3 atom stereocenters. The molecule has 0 aromatic heterocycles. The highest BCUT2D eigenvalue weighted by Gasteiger charge is 2.41. The average molecular weight is 271 g/mol. The van der Waals surface area contributed by atoms with Gasteiger partial charge < -0.3 is 14.4 Å². The molecule has 0 N–H and O–H groups in total. The first-order valence-corrected chi connectivity index (χ1v) is 7.20. The number of hydrogen-bond donors (Lipinski definition) is 0. The Bertz CT molecular complexity index is 569. The quantitative estimate of drug-likeness (QED) is 0.735. The lowest BCUT2D eigenvalue weighted by Crippen LogP contribution is -2.51. The Balaban J connectivity index is 1.55. The van der Waals surface area contributed by atoms with Gasteiger partial charge in [0.15, 0.2) is 11.5 Å². The van der Waals surface area contributed by atoms with E-state index in [0.717, 1.165) is 25.0 Å². The molecular formula is C16H17NO3. The van der Waals surface area contributed by atoms with E-state index in [-0.39, 0.29) is 11.9 Å². The molecule has 20 heavy (non-hydrogen) atoms. The number of para-hydroxylation sites is 2. The van der Waals surface area contributed by atoms with E-state index >= 15 is 0 Å². The average Bonchev–Trinajstić information content (AvgIpc) is 2.75. The molecule has 4 rings (SSSR count). The molecule has 2 bridgehead atoms. The zero-order chi connectivity index (χ0) is 13.5. The van der Waals surface area contributed by atoms with Crippen molar-refractivity contribution >= 4 is 5.91 Å². The first-order valence-electron chi connectivity index (χ1n) is 7.20. The van der Waals surface area contributed by atoms with E-state index in [0.29, 0.717) is 18.4 Å². The van der Waals surface area contributed by atoms with Gasteiger partial charge in [-0.05, 0) is 31.4 Å². The molecule has 1 aromatic carbocycles. The van der Waals surface area contributed by atoms with Gasteiger partial charge in [0, 0.05) is 6.04 Å². The summed E-state index contributed by atoms with van der Waals surface area (Å²) in [6.07, 6.45) is 6.95. The molecule has 3 aliphatic rings. The van der Waals surface area contributed by atoms with Crippen LogP contribution in [0.5, 0.6) is 11.5 Å². The first kappa shape index (κ1) is 11.8. The summed E-state index contributed by atoms with van der Waals surface area (Å²) in [5.74, 6) is 1.45. The molecule has 1 aromatic rings. The molecule has 0 saturated carbocycles. The van der Waals surface area contributed by atoms with Crippen LogP contribution in [-0.2, 0) is 4.79 Å². The molecule has 0 spiro atoms. The van der Waals surface area contributed by atoms with E-state index in [1.165, 1.54) is 0 Å². The van der Waals surface area contributed by atoms with Gasteiger partial charge in [0.05, 0.1) is 6.04 Å². The fourth-order valence-corrected chi connectivity index (χ4v) is 3.38. The van der Waals surface area contributed by atoms with Crippen molar-refractivity contribution < 1.29 is 14.3 Å². The highest BCUT2D eigenvalue weighted by atomic mass is 16.6. The second kappa shape index (κ2) is 4.54. The van der Waals surface area contributed by atoms with Crippen molar-refractivity contribution in [3.8, 4) is 11.5 Å². The van der Waals surface area contributed by atoms with Crippen LogP contribution in [0.2, 0.25) is 0 Å². The molecule has 0 aliphatic carbocycles. The zero-order valence-corrected chi connectivity index (χ0v) is 11.2. The number of carbonyl (C=O) groups is 1. The molecule has 3 aliphatic heterocycles.